The van der Waals surface area contributed by atoms with Crippen molar-refractivity contribution in [3.05, 3.63) is 58.4 Å². The fraction of sp³-hybridized carbons (Fsp3) is 0.118. The van der Waals surface area contributed by atoms with Crippen LogP contribution >= 0.6 is 27.3 Å². The number of nitrogens with zero attached hydrogens (tertiary/aromatic N) is 1. The van der Waals surface area contributed by atoms with Gasteiger partial charge in [-0.1, -0.05) is 46.3 Å². The minimum Gasteiger partial charge on any atom is -0.493 e. The lowest BCUT2D eigenvalue weighted by atomic mass is 10.2. The summed E-state index contributed by atoms with van der Waals surface area (Å²) in [5.74, 6) is 0.882. The predicted molar refractivity (Wildman–Crippen MR) is 91.9 cm³/mol. The van der Waals surface area contributed by atoms with Gasteiger partial charge in [0.2, 0.25) is 0 Å². The Labute approximate surface area is 136 Å². The summed E-state index contributed by atoms with van der Waals surface area (Å²) in [6.07, 6.45) is 0. The molecular weight excluding hydrogens is 346 g/mol. The van der Waals surface area contributed by atoms with Crippen molar-refractivity contribution in [2.75, 3.05) is 6.61 Å². The molecule has 106 valence electrons. The van der Waals surface area contributed by atoms with Crippen molar-refractivity contribution in [1.82, 2.24) is 4.98 Å². The molecule has 0 bridgehead atoms. The van der Waals surface area contributed by atoms with Gasteiger partial charge in [0, 0.05) is 15.4 Å². The molecule has 3 aromatic rings. The molecule has 2 nitrogen and oxygen atoms in total. The second-order valence-electron chi connectivity index (χ2n) is 4.45. The number of aromatic nitrogens is 1. The first kappa shape index (κ1) is 14.3. The fourth-order valence-electron chi connectivity index (χ4n) is 2.11. The molecule has 2 aromatic carbocycles. The highest BCUT2D eigenvalue weighted by Crippen LogP contribution is 2.36. The molecule has 1 heterocycles. The van der Waals surface area contributed by atoms with Gasteiger partial charge in [-0.3, -0.25) is 0 Å². The van der Waals surface area contributed by atoms with Crippen molar-refractivity contribution in [3.8, 4) is 27.6 Å². The SMILES string of the molecule is CCOc1ccccc1-c1nc(-c2ccccc2Br)cs1. The van der Waals surface area contributed by atoms with E-state index in [0.717, 1.165) is 32.1 Å². The Hall–Kier alpha value is -1.65. The number of thiazole rings is 1. The maximum Gasteiger partial charge on any atom is 0.129 e. The number of rotatable bonds is 4. The number of hydrogen-bond acceptors (Lipinski definition) is 3. The third-order valence-corrected chi connectivity index (χ3v) is 4.64. The minimum atomic E-state index is 0.652. The van der Waals surface area contributed by atoms with Crippen LogP contribution in [0.2, 0.25) is 0 Å². The van der Waals surface area contributed by atoms with Crippen molar-refractivity contribution in [2.24, 2.45) is 0 Å². The van der Waals surface area contributed by atoms with Crippen LogP contribution in [0.25, 0.3) is 21.8 Å². The van der Waals surface area contributed by atoms with E-state index in [-0.39, 0.29) is 0 Å². The van der Waals surface area contributed by atoms with Crippen molar-refractivity contribution >= 4 is 27.3 Å². The third-order valence-electron chi connectivity index (χ3n) is 3.07. The van der Waals surface area contributed by atoms with Crippen LogP contribution in [0, 0.1) is 0 Å². The molecule has 0 fully saturated rings. The van der Waals surface area contributed by atoms with E-state index in [1.807, 2.05) is 49.4 Å². The molecule has 0 atom stereocenters. The molecule has 4 heteroatoms. The molecule has 3 rings (SSSR count). The lowest BCUT2D eigenvalue weighted by Gasteiger charge is -2.07. The molecule has 0 aliphatic heterocycles. The van der Waals surface area contributed by atoms with E-state index in [1.165, 1.54) is 0 Å². The first-order chi connectivity index (χ1) is 10.3. The molecule has 1 aromatic heterocycles. The van der Waals surface area contributed by atoms with Crippen molar-refractivity contribution in [2.45, 2.75) is 6.92 Å². The average Bonchev–Trinajstić information content (AvgIpc) is 2.98. The smallest absolute Gasteiger partial charge is 0.129 e. The zero-order valence-corrected chi connectivity index (χ0v) is 13.9. The zero-order valence-electron chi connectivity index (χ0n) is 11.5. The van der Waals surface area contributed by atoms with Gasteiger partial charge < -0.3 is 4.74 Å². The van der Waals surface area contributed by atoms with Crippen LogP contribution in [-0.2, 0) is 0 Å². The molecular formula is C17H14BrNOS. The summed E-state index contributed by atoms with van der Waals surface area (Å²) in [5.41, 5.74) is 3.13. The summed E-state index contributed by atoms with van der Waals surface area (Å²) in [5, 5.41) is 3.06. The van der Waals surface area contributed by atoms with Crippen LogP contribution in [0.4, 0.5) is 0 Å². The molecule has 0 amide bonds. The normalized spacial score (nSPS) is 10.6. The molecule has 0 unspecified atom stereocenters. The minimum absolute atomic E-state index is 0.652. The molecule has 21 heavy (non-hydrogen) atoms. The predicted octanol–water partition coefficient (Wildman–Crippen LogP) is 5.64. The van der Waals surface area contributed by atoms with Gasteiger partial charge in [-0.2, -0.15) is 0 Å². The number of hydrogen-bond donors (Lipinski definition) is 0. The highest BCUT2D eigenvalue weighted by Gasteiger charge is 2.12. The van der Waals surface area contributed by atoms with E-state index in [0.29, 0.717) is 6.61 Å². The maximum absolute atomic E-state index is 5.69. The Balaban J connectivity index is 2.01. The van der Waals surface area contributed by atoms with Crippen molar-refractivity contribution in [1.29, 1.82) is 0 Å². The Bertz CT molecular complexity index is 754. The molecule has 0 aliphatic carbocycles. The second-order valence-corrected chi connectivity index (χ2v) is 6.16. The number of para-hydroxylation sites is 1. The van der Waals surface area contributed by atoms with Gasteiger partial charge in [0.15, 0.2) is 0 Å². The quantitative estimate of drug-likeness (QED) is 0.601. The molecule has 0 radical (unpaired) electrons. The van der Waals surface area contributed by atoms with Crippen LogP contribution in [0.5, 0.6) is 5.75 Å². The Kier molecular flexibility index (Phi) is 4.36. The lowest BCUT2D eigenvalue weighted by Crippen LogP contribution is -1.93. The van der Waals surface area contributed by atoms with Crippen LogP contribution in [0.1, 0.15) is 6.92 Å². The summed E-state index contributed by atoms with van der Waals surface area (Å²) < 4.78 is 6.74. The number of ether oxygens (including phenoxy) is 1. The third kappa shape index (κ3) is 3.01. The van der Waals surface area contributed by atoms with E-state index in [1.54, 1.807) is 11.3 Å². The Morgan fingerprint density at radius 3 is 2.52 bits per heavy atom. The van der Waals surface area contributed by atoms with Gasteiger partial charge in [0.25, 0.3) is 0 Å². The summed E-state index contributed by atoms with van der Waals surface area (Å²) in [4.78, 5) is 4.76. The molecule has 0 spiro atoms. The first-order valence-electron chi connectivity index (χ1n) is 6.72. The number of benzene rings is 2. The number of halogens is 1. The van der Waals surface area contributed by atoms with Crippen molar-refractivity contribution < 1.29 is 4.74 Å². The standard InChI is InChI=1S/C17H14BrNOS/c1-2-20-16-10-6-4-8-13(16)17-19-15(11-21-17)12-7-3-5-9-14(12)18/h3-11H,2H2,1H3. The van der Waals surface area contributed by atoms with Crippen LogP contribution in [-0.4, -0.2) is 11.6 Å². The van der Waals surface area contributed by atoms with E-state index in [2.05, 4.69) is 27.4 Å². The van der Waals surface area contributed by atoms with E-state index >= 15 is 0 Å². The van der Waals surface area contributed by atoms with E-state index in [9.17, 15) is 0 Å². The van der Waals surface area contributed by atoms with Crippen LogP contribution < -0.4 is 4.74 Å². The first-order valence-corrected chi connectivity index (χ1v) is 8.39. The van der Waals surface area contributed by atoms with Gasteiger partial charge in [-0.15, -0.1) is 11.3 Å². The van der Waals surface area contributed by atoms with Gasteiger partial charge in [-0.25, -0.2) is 4.98 Å². The summed E-state index contributed by atoms with van der Waals surface area (Å²) >= 11 is 5.21. The Morgan fingerprint density at radius 2 is 1.76 bits per heavy atom. The average molecular weight is 360 g/mol. The summed E-state index contributed by atoms with van der Waals surface area (Å²) in [6, 6.07) is 16.2. The second kappa shape index (κ2) is 6.41. The molecule has 0 N–H and O–H groups in total. The van der Waals surface area contributed by atoms with Gasteiger partial charge in [0.1, 0.15) is 10.8 Å². The van der Waals surface area contributed by atoms with Gasteiger partial charge in [0.05, 0.1) is 17.9 Å². The highest BCUT2D eigenvalue weighted by atomic mass is 79.9. The molecule has 0 saturated heterocycles. The highest BCUT2D eigenvalue weighted by molar-refractivity contribution is 9.10. The fourth-order valence-corrected chi connectivity index (χ4v) is 3.45. The van der Waals surface area contributed by atoms with Gasteiger partial charge in [-0.05, 0) is 25.1 Å². The largest absolute Gasteiger partial charge is 0.493 e. The molecule has 0 saturated carbocycles. The topological polar surface area (TPSA) is 22.1 Å². The van der Waals surface area contributed by atoms with Crippen LogP contribution in [0.15, 0.2) is 58.4 Å². The zero-order chi connectivity index (χ0) is 14.7. The summed E-state index contributed by atoms with van der Waals surface area (Å²) in [6.45, 7) is 2.64. The maximum atomic E-state index is 5.69. The van der Waals surface area contributed by atoms with E-state index in [4.69, 9.17) is 9.72 Å². The van der Waals surface area contributed by atoms with Crippen LogP contribution in [0.3, 0.4) is 0 Å². The Morgan fingerprint density at radius 1 is 1.05 bits per heavy atom. The van der Waals surface area contributed by atoms with Crippen molar-refractivity contribution in [3.63, 3.8) is 0 Å². The monoisotopic (exact) mass is 359 g/mol. The lowest BCUT2D eigenvalue weighted by molar-refractivity contribution is 0.341. The van der Waals surface area contributed by atoms with Gasteiger partial charge >= 0.3 is 0 Å². The molecule has 0 aliphatic rings. The summed E-state index contributed by atoms with van der Waals surface area (Å²) in [7, 11) is 0. The van der Waals surface area contributed by atoms with E-state index < -0.39 is 0 Å².